The topological polar surface area (TPSA) is 47.4 Å². The molecule has 1 aromatic carbocycles. The number of anilines is 1. The quantitative estimate of drug-likeness (QED) is 0.694. The van der Waals surface area contributed by atoms with E-state index in [2.05, 4.69) is 9.88 Å². The van der Waals surface area contributed by atoms with Gasteiger partial charge in [0.1, 0.15) is 5.82 Å². The molecule has 1 aliphatic heterocycles. The lowest BCUT2D eigenvalue weighted by Crippen LogP contribution is -2.36. The Morgan fingerprint density at radius 1 is 0.963 bits per heavy atom. The molecule has 0 radical (unpaired) electrons. The lowest BCUT2D eigenvalue weighted by Gasteiger charge is -2.27. The number of pyridine rings is 2. The van der Waals surface area contributed by atoms with E-state index >= 15 is 0 Å². The summed E-state index contributed by atoms with van der Waals surface area (Å²) >= 11 is 5.93. The molecule has 0 N–H and O–H groups in total. The van der Waals surface area contributed by atoms with Gasteiger partial charge in [-0.1, -0.05) is 23.7 Å². The van der Waals surface area contributed by atoms with Gasteiger partial charge >= 0.3 is 0 Å². The van der Waals surface area contributed by atoms with Gasteiger partial charge in [0.2, 0.25) is 0 Å². The maximum atomic E-state index is 12.2. The molecule has 0 unspecified atom stereocenters. The molecular weight excluding hydrogens is 362 g/mol. The number of rotatable bonds is 4. The smallest absolute Gasteiger partial charge is 0.250 e. The molecule has 6 heteroatoms. The highest BCUT2D eigenvalue weighted by molar-refractivity contribution is 6.30. The molecule has 1 saturated heterocycles. The third kappa shape index (κ3) is 4.21. The summed E-state index contributed by atoms with van der Waals surface area (Å²) in [6.45, 7) is 3.69. The van der Waals surface area contributed by atoms with Crippen LogP contribution in [0.5, 0.6) is 0 Å². The first kappa shape index (κ1) is 17.8. The van der Waals surface area contributed by atoms with E-state index in [4.69, 9.17) is 16.3 Å². The van der Waals surface area contributed by atoms with E-state index < -0.39 is 0 Å². The van der Waals surface area contributed by atoms with Crippen molar-refractivity contribution in [3.63, 3.8) is 0 Å². The lowest BCUT2D eigenvalue weighted by molar-refractivity contribution is 0.122. The van der Waals surface area contributed by atoms with Crippen molar-refractivity contribution in [3.8, 4) is 11.1 Å². The van der Waals surface area contributed by atoms with Crippen LogP contribution in [0.25, 0.3) is 11.1 Å². The van der Waals surface area contributed by atoms with E-state index in [1.807, 2.05) is 54.9 Å². The summed E-state index contributed by atoms with van der Waals surface area (Å²) in [5.41, 5.74) is 2.94. The molecule has 3 heterocycles. The molecule has 0 spiro atoms. The average molecular weight is 382 g/mol. The Hall–Kier alpha value is -2.63. The minimum absolute atomic E-state index is 0.0356. The SMILES string of the molecule is O=c1ccc(-c2ccc(N3CCOCC3)nc2)cn1Cc1ccc(Cl)cc1. The van der Waals surface area contributed by atoms with Crippen LogP contribution < -0.4 is 10.5 Å². The summed E-state index contributed by atoms with van der Waals surface area (Å²) in [5.74, 6) is 0.955. The fourth-order valence-electron chi connectivity index (χ4n) is 3.15. The number of morpholine rings is 1. The molecule has 2 aromatic heterocycles. The number of nitrogens with zero attached hydrogens (tertiary/aromatic N) is 3. The first-order valence-corrected chi connectivity index (χ1v) is 9.31. The first-order chi connectivity index (χ1) is 13.2. The van der Waals surface area contributed by atoms with Gasteiger partial charge in [-0.2, -0.15) is 0 Å². The number of halogens is 1. The highest BCUT2D eigenvalue weighted by atomic mass is 35.5. The fourth-order valence-corrected chi connectivity index (χ4v) is 3.27. The second kappa shape index (κ2) is 7.94. The molecule has 1 aliphatic rings. The number of benzene rings is 1. The van der Waals surface area contributed by atoms with Gasteiger partial charge in [-0.15, -0.1) is 0 Å². The molecule has 0 amide bonds. The number of hydrogen-bond donors (Lipinski definition) is 0. The Morgan fingerprint density at radius 3 is 2.41 bits per heavy atom. The van der Waals surface area contributed by atoms with Crippen molar-refractivity contribution in [3.05, 3.63) is 81.9 Å². The van der Waals surface area contributed by atoms with Gasteiger partial charge in [0.25, 0.3) is 5.56 Å². The van der Waals surface area contributed by atoms with Crippen LogP contribution >= 0.6 is 11.6 Å². The van der Waals surface area contributed by atoms with Crippen LogP contribution in [-0.4, -0.2) is 35.9 Å². The van der Waals surface area contributed by atoms with Crippen molar-refractivity contribution in [1.82, 2.24) is 9.55 Å². The van der Waals surface area contributed by atoms with Gasteiger partial charge in [-0.05, 0) is 41.5 Å². The molecule has 0 aliphatic carbocycles. The summed E-state index contributed by atoms with van der Waals surface area (Å²) in [6, 6.07) is 15.0. The van der Waals surface area contributed by atoms with Crippen molar-refractivity contribution < 1.29 is 4.74 Å². The van der Waals surface area contributed by atoms with E-state index in [1.54, 1.807) is 10.6 Å². The van der Waals surface area contributed by atoms with Crippen LogP contribution in [0, 0.1) is 0 Å². The lowest BCUT2D eigenvalue weighted by atomic mass is 10.1. The van der Waals surface area contributed by atoms with Crippen LogP contribution in [0.4, 0.5) is 5.82 Å². The third-order valence-corrected chi connectivity index (χ3v) is 4.92. The third-order valence-electron chi connectivity index (χ3n) is 4.67. The van der Waals surface area contributed by atoms with Gasteiger partial charge in [-0.3, -0.25) is 4.79 Å². The minimum Gasteiger partial charge on any atom is -0.378 e. The van der Waals surface area contributed by atoms with Crippen molar-refractivity contribution in [2.75, 3.05) is 31.2 Å². The first-order valence-electron chi connectivity index (χ1n) is 8.93. The zero-order valence-electron chi connectivity index (χ0n) is 14.8. The zero-order chi connectivity index (χ0) is 18.6. The number of ether oxygens (including phenoxy) is 1. The van der Waals surface area contributed by atoms with E-state index in [0.29, 0.717) is 11.6 Å². The van der Waals surface area contributed by atoms with Gasteiger partial charge in [0.15, 0.2) is 0 Å². The van der Waals surface area contributed by atoms with Crippen molar-refractivity contribution in [2.45, 2.75) is 6.54 Å². The van der Waals surface area contributed by atoms with Crippen molar-refractivity contribution in [1.29, 1.82) is 0 Å². The van der Waals surface area contributed by atoms with Crippen LogP contribution in [-0.2, 0) is 11.3 Å². The van der Waals surface area contributed by atoms with Crippen LogP contribution in [0.2, 0.25) is 5.02 Å². The Bertz CT molecular complexity index is 962. The largest absolute Gasteiger partial charge is 0.378 e. The average Bonchev–Trinajstić information content (AvgIpc) is 2.72. The van der Waals surface area contributed by atoms with E-state index in [-0.39, 0.29) is 5.56 Å². The van der Waals surface area contributed by atoms with Crippen LogP contribution in [0.15, 0.2) is 65.7 Å². The highest BCUT2D eigenvalue weighted by Crippen LogP contribution is 2.21. The Balaban J connectivity index is 1.56. The standard InChI is InChI=1S/C21H20ClN3O2/c22-19-5-1-16(2-6-19)14-25-15-18(4-8-21(25)26)17-3-7-20(23-13-17)24-9-11-27-12-10-24/h1-8,13,15H,9-12,14H2. The molecule has 27 heavy (non-hydrogen) atoms. The van der Waals surface area contributed by atoms with Crippen LogP contribution in [0.3, 0.4) is 0 Å². The molecule has 0 atom stereocenters. The summed E-state index contributed by atoms with van der Waals surface area (Å²) in [5, 5.41) is 0.686. The summed E-state index contributed by atoms with van der Waals surface area (Å²) in [4.78, 5) is 19.0. The Kier molecular flexibility index (Phi) is 5.23. The van der Waals surface area contributed by atoms with Crippen LogP contribution in [0.1, 0.15) is 5.56 Å². The summed E-state index contributed by atoms with van der Waals surface area (Å²) in [6.07, 6.45) is 3.74. The molecular formula is C21H20ClN3O2. The monoisotopic (exact) mass is 381 g/mol. The predicted molar refractivity (Wildman–Crippen MR) is 108 cm³/mol. The fraction of sp³-hybridized carbons (Fsp3) is 0.238. The zero-order valence-corrected chi connectivity index (χ0v) is 15.6. The summed E-state index contributed by atoms with van der Waals surface area (Å²) in [7, 11) is 0. The minimum atomic E-state index is -0.0356. The predicted octanol–water partition coefficient (Wildman–Crippen LogP) is 3.45. The second-order valence-corrected chi connectivity index (χ2v) is 6.95. The van der Waals surface area contributed by atoms with Gasteiger partial charge in [-0.25, -0.2) is 4.98 Å². The van der Waals surface area contributed by atoms with E-state index in [0.717, 1.165) is 48.8 Å². The van der Waals surface area contributed by atoms with E-state index in [1.165, 1.54) is 0 Å². The normalized spacial score (nSPS) is 14.3. The number of aromatic nitrogens is 2. The molecule has 138 valence electrons. The number of hydrogen-bond acceptors (Lipinski definition) is 4. The molecule has 4 rings (SSSR count). The summed E-state index contributed by atoms with van der Waals surface area (Å²) < 4.78 is 7.09. The molecule has 3 aromatic rings. The van der Waals surface area contributed by atoms with Gasteiger partial charge < -0.3 is 14.2 Å². The van der Waals surface area contributed by atoms with Crippen molar-refractivity contribution in [2.24, 2.45) is 0 Å². The Morgan fingerprint density at radius 2 is 1.70 bits per heavy atom. The maximum absolute atomic E-state index is 12.2. The maximum Gasteiger partial charge on any atom is 0.250 e. The second-order valence-electron chi connectivity index (χ2n) is 6.51. The Labute approximate surface area is 162 Å². The molecule has 5 nitrogen and oxygen atoms in total. The van der Waals surface area contributed by atoms with Crippen molar-refractivity contribution >= 4 is 17.4 Å². The van der Waals surface area contributed by atoms with E-state index in [9.17, 15) is 4.79 Å². The van der Waals surface area contributed by atoms with Gasteiger partial charge in [0, 0.05) is 42.1 Å². The van der Waals surface area contributed by atoms with Gasteiger partial charge in [0.05, 0.1) is 19.8 Å². The highest BCUT2D eigenvalue weighted by Gasteiger charge is 2.12. The molecule has 1 fully saturated rings. The molecule has 0 saturated carbocycles. The molecule has 0 bridgehead atoms.